The van der Waals surface area contributed by atoms with Gasteiger partial charge in [0.2, 0.25) is 17.8 Å². The van der Waals surface area contributed by atoms with E-state index in [1.165, 1.54) is 0 Å². The minimum absolute atomic E-state index is 0.0194. The van der Waals surface area contributed by atoms with Crippen LogP contribution >= 0.6 is 0 Å². The second-order valence-corrected chi connectivity index (χ2v) is 3.13. The van der Waals surface area contributed by atoms with Crippen LogP contribution in [0.2, 0.25) is 0 Å². The number of nitrogens with two attached hydrogens (primary N) is 2. The molecule has 8 nitrogen and oxygen atoms in total. The quantitative estimate of drug-likeness (QED) is 0.555. The summed E-state index contributed by atoms with van der Waals surface area (Å²) in [7, 11) is 1.61. The third-order valence-electron chi connectivity index (χ3n) is 1.67. The Morgan fingerprint density at radius 2 is 1.88 bits per heavy atom. The number of hydrogen-bond donors (Lipinski definition) is 3. The standard InChI is InChI=1S/C8H16N6O2/c1-5(3-15-2)16-4-11-8-13-6(9)12-7(10)14-8/h5H,3-4H2,1-2H3,(H5,9,10,11,12,13,14). The van der Waals surface area contributed by atoms with Crippen LogP contribution in [0, 0.1) is 0 Å². The van der Waals surface area contributed by atoms with Crippen molar-refractivity contribution in [3.8, 4) is 0 Å². The first-order chi connectivity index (χ1) is 7.61. The lowest BCUT2D eigenvalue weighted by Crippen LogP contribution is -2.20. The van der Waals surface area contributed by atoms with E-state index in [0.29, 0.717) is 6.61 Å². The summed E-state index contributed by atoms with van der Waals surface area (Å²) in [5.41, 5.74) is 10.8. The highest BCUT2D eigenvalue weighted by Crippen LogP contribution is 2.03. The SMILES string of the molecule is COCC(C)OCNc1nc(N)nc(N)n1. The molecule has 0 aliphatic heterocycles. The van der Waals surface area contributed by atoms with Crippen molar-refractivity contribution < 1.29 is 9.47 Å². The van der Waals surface area contributed by atoms with E-state index < -0.39 is 0 Å². The van der Waals surface area contributed by atoms with Crippen molar-refractivity contribution in [1.29, 1.82) is 0 Å². The van der Waals surface area contributed by atoms with Gasteiger partial charge in [0.15, 0.2) is 0 Å². The number of nitrogens with zero attached hydrogens (tertiary/aromatic N) is 3. The molecule has 90 valence electrons. The molecule has 1 atom stereocenters. The highest BCUT2D eigenvalue weighted by atomic mass is 16.5. The maximum absolute atomic E-state index is 5.40. The Kier molecular flexibility index (Phi) is 4.67. The summed E-state index contributed by atoms with van der Waals surface area (Å²) in [5, 5.41) is 2.82. The number of ether oxygens (including phenoxy) is 2. The van der Waals surface area contributed by atoms with E-state index in [9.17, 15) is 0 Å². The van der Waals surface area contributed by atoms with E-state index in [1.54, 1.807) is 7.11 Å². The van der Waals surface area contributed by atoms with Gasteiger partial charge in [-0.3, -0.25) is 0 Å². The van der Waals surface area contributed by atoms with Crippen LogP contribution in [0.5, 0.6) is 0 Å². The summed E-state index contributed by atoms with van der Waals surface area (Å²) in [4.78, 5) is 11.3. The molecule has 0 bridgehead atoms. The fourth-order valence-corrected chi connectivity index (χ4v) is 1.02. The molecule has 0 aromatic carbocycles. The summed E-state index contributed by atoms with van der Waals surface area (Å²) >= 11 is 0. The van der Waals surface area contributed by atoms with Gasteiger partial charge in [0.1, 0.15) is 6.73 Å². The van der Waals surface area contributed by atoms with Crippen molar-refractivity contribution in [2.45, 2.75) is 13.0 Å². The molecular formula is C8H16N6O2. The van der Waals surface area contributed by atoms with Crippen LogP contribution in [0.25, 0.3) is 0 Å². The zero-order valence-electron chi connectivity index (χ0n) is 9.30. The van der Waals surface area contributed by atoms with Crippen LogP contribution in [0.4, 0.5) is 17.8 Å². The van der Waals surface area contributed by atoms with Crippen LogP contribution in [-0.2, 0) is 9.47 Å². The van der Waals surface area contributed by atoms with Crippen molar-refractivity contribution in [2.75, 3.05) is 37.2 Å². The molecular weight excluding hydrogens is 212 g/mol. The zero-order chi connectivity index (χ0) is 12.0. The topological polar surface area (TPSA) is 121 Å². The molecule has 0 amide bonds. The molecule has 0 fully saturated rings. The van der Waals surface area contributed by atoms with Gasteiger partial charge in [-0.25, -0.2) is 0 Å². The lowest BCUT2D eigenvalue weighted by atomic mass is 10.4. The molecule has 0 saturated heterocycles. The summed E-state index contributed by atoms with van der Waals surface area (Å²) < 4.78 is 10.3. The summed E-state index contributed by atoms with van der Waals surface area (Å²) in [6, 6.07) is 0. The van der Waals surface area contributed by atoms with E-state index in [2.05, 4.69) is 20.3 Å². The summed E-state index contributed by atoms with van der Waals surface area (Å²) in [5.74, 6) is 0.425. The zero-order valence-corrected chi connectivity index (χ0v) is 9.30. The number of hydrogen-bond acceptors (Lipinski definition) is 8. The monoisotopic (exact) mass is 228 g/mol. The second kappa shape index (κ2) is 6.03. The molecule has 16 heavy (non-hydrogen) atoms. The number of rotatable bonds is 6. The van der Waals surface area contributed by atoms with Crippen molar-refractivity contribution in [3.05, 3.63) is 0 Å². The number of nitrogen functional groups attached to an aromatic ring is 2. The highest BCUT2D eigenvalue weighted by Gasteiger charge is 2.03. The molecule has 1 rings (SSSR count). The van der Waals surface area contributed by atoms with E-state index in [0.717, 1.165) is 0 Å². The molecule has 1 aromatic rings. The van der Waals surface area contributed by atoms with E-state index in [4.69, 9.17) is 20.9 Å². The fraction of sp³-hybridized carbons (Fsp3) is 0.625. The van der Waals surface area contributed by atoms with Gasteiger partial charge in [-0.1, -0.05) is 0 Å². The maximum Gasteiger partial charge on any atom is 0.231 e. The minimum atomic E-state index is -0.0194. The largest absolute Gasteiger partial charge is 0.382 e. The van der Waals surface area contributed by atoms with Gasteiger partial charge in [-0.05, 0) is 6.92 Å². The molecule has 0 aliphatic rings. The predicted octanol–water partition coefficient (Wildman–Crippen LogP) is -0.543. The Labute approximate surface area is 93.4 Å². The van der Waals surface area contributed by atoms with E-state index in [1.807, 2.05) is 6.92 Å². The second-order valence-electron chi connectivity index (χ2n) is 3.13. The number of anilines is 3. The first kappa shape index (κ1) is 12.4. The maximum atomic E-state index is 5.40. The Morgan fingerprint density at radius 1 is 1.25 bits per heavy atom. The molecule has 0 aliphatic carbocycles. The van der Waals surface area contributed by atoms with Crippen molar-refractivity contribution in [2.24, 2.45) is 0 Å². The first-order valence-corrected chi connectivity index (χ1v) is 4.73. The lowest BCUT2D eigenvalue weighted by Gasteiger charge is -2.12. The Bertz CT molecular complexity index is 314. The van der Waals surface area contributed by atoms with Crippen LogP contribution < -0.4 is 16.8 Å². The molecule has 0 spiro atoms. The van der Waals surface area contributed by atoms with Gasteiger partial charge in [-0.2, -0.15) is 15.0 Å². The van der Waals surface area contributed by atoms with Crippen LogP contribution in [0.15, 0.2) is 0 Å². The first-order valence-electron chi connectivity index (χ1n) is 4.73. The molecule has 1 heterocycles. The third kappa shape index (κ3) is 4.24. The molecule has 8 heteroatoms. The molecule has 0 saturated carbocycles. The summed E-state index contributed by atoms with van der Waals surface area (Å²) in [6.07, 6.45) is -0.0194. The van der Waals surface area contributed by atoms with E-state index in [-0.39, 0.29) is 30.7 Å². The van der Waals surface area contributed by atoms with Gasteiger partial charge in [0.05, 0.1) is 12.7 Å². The predicted molar refractivity (Wildman–Crippen MR) is 59.6 cm³/mol. The van der Waals surface area contributed by atoms with Crippen LogP contribution in [0.1, 0.15) is 6.92 Å². The molecule has 1 unspecified atom stereocenters. The van der Waals surface area contributed by atoms with Crippen LogP contribution in [0.3, 0.4) is 0 Å². The molecule has 0 radical (unpaired) electrons. The van der Waals surface area contributed by atoms with Crippen molar-refractivity contribution in [3.63, 3.8) is 0 Å². The minimum Gasteiger partial charge on any atom is -0.382 e. The number of nitrogens with one attached hydrogen (secondary N) is 1. The normalized spacial score (nSPS) is 12.4. The van der Waals surface area contributed by atoms with Crippen molar-refractivity contribution >= 4 is 17.8 Å². The van der Waals surface area contributed by atoms with Gasteiger partial charge in [0, 0.05) is 7.11 Å². The van der Waals surface area contributed by atoms with Crippen molar-refractivity contribution in [1.82, 2.24) is 15.0 Å². The fourth-order valence-electron chi connectivity index (χ4n) is 1.02. The Morgan fingerprint density at radius 3 is 2.44 bits per heavy atom. The van der Waals surface area contributed by atoms with Crippen LogP contribution in [-0.4, -0.2) is 41.5 Å². The Hall–Kier alpha value is -1.67. The van der Waals surface area contributed by atoms with Gasteiger partial charge in [0.25, 0.3) is 0 Å². The van der Waals surface area contributed by atoms with Gasteiger partial charge in [-0.15, -0.1) is 0 Å². The Balaban J connectivity index is 2.37. The summed E-state index contributed by atoms with van der Waals surface area (Å²) in [6.45, 7) is 2.65. The third-order valence-corrected chi connectivity index (χ3v) is 1.67. The lowest BCUT2D eigenvalue weighted by molar-refractivity contribution is 0.0177. The van der Waals surface area contributed by atoms with Gasteiger partial charge < -0.3 is 26.3 Å². The van der Waals surface area contributed by atoms with E-state index >= 15 is 0 Å². The average molecular weight is 228 g/mol. The molecule has 1 aromatic heterocycles. The molecule has 5 N–H and O–H groups in total. The number of methoxy groups -OCH3 is 1. The smallest absolute Gasteiger partial charge is 0.231 e. The number of aromatic nitrogens is 3. The average Bonchev–Trinajstić information content (AvgIpc) is 2.16. The van der Waals surface area contributed by atoms with Gasteiger partial charge >= 0.3 is 0 Å². The highest BCUT2D eigenvalue weighted by molar-refractivity contribution is 5.36.